The van der Waals surface area contributed by atoms with Gasteiger partial charge in [-0.25, -0.2) is 9.48 Å². The number of nitrogens with zero attached hydrogens (tertiary/aromatic N) is 3. The number of hydrogen-bond donors (Lipinski definition) is 0. The van der Waals surface area contributed by atoms with Crippen LogP contribution in [-0.4, -0.2) is 41.5 Å². The lowest BCUT2D eigenvalue weighted by molar-refractivity contribution is 0.113. The van der Waals surface area contributed by atoms with Crippen LogP contribution in [0, 0.1) is 0 Å². The molecule has 0 radical (unpaired) electrons. The normalized spacial score (nSPS) is 13.8. The van der Waals surface area contributed by atoms with Gasteiger partial charge in [0, 0.05) is 20.2 Å². The van der Waals surface area contributed by atoms with Gasteiger partial charge in [0.05, 0.1) is 12.2 Å². The maximum absolute atomic E-state index is 11.9. The van der Waals surface area contributed by atoms with Crippen LogP contribution in [-0.2, 0) is 24.1 Å². The van der Waals surface area contributed by atoms with Crippen LogP contribution in [0.25, 0.3) is 0 Å². The van der Waals surface area contributed by atoms with E-state index in [2.05, 4.69) is 5.10 Å². The molecule has 1 aliphatic carbocycles. The van der Waals surface area contributed by atoms with Gasteiger partial charge >= 0.3 is 6.09 Å². The number of aryl methyl sites for hydroxylation is 2. The van der Waals surface area contributed by atoms with Gasteiger partial charge in [-0.05, 0) is 31.2 Å². The Labute approximate surface area is 112 Å². The van der Waals surface area contributed by atoms with Crippen molar-refractivity contribution < 1.29 is 9.53 Å². The van der Waals surface area contributed by atoms with Crippen molar-refractivity contribution in [2.45, 2.75) is 32.2 Å². The van der Waals surface area contributed by atoms with Gasteiger partial charge in [0.25, 0.3) is 5.56 Å². The SMILES string of the molecule is CN(C)C(=O)OCCn1nc2c(cc1=O)CCCC2. The second-order valence-corrected chi connectivity index (χ2v) is 4.89. The zero-order valence-corrected chi connectivity index (χ0v) is 11.4. The molecule has 1 aliphatic rings. The van der Waals surface area contributed by atoms with E-state index < -0.39 is 6.09 Å². The summed E-state index contributed by atoms with van der Waals surface area (Å²) < 4.78 is 6.38. The van der Waals surface area contributed by atoms with Crippen LogP contribution in [0.15, 0.2) is 10.9 Å². The predicted molar refractivity (Wildman–Crippen MR) is 70.2 cm³/mol. The molecule has 0 aliphatic heterocycles. The van der Waals surface area contributed by atoms with E-state index >= 15 is 0 Å². The first-order chi connectivity index (χ1) is 9.08. The second-order valence-electron chi connectivity index (χ2n) is 4.89. The van der Waals surface area contributed by atoms with Crippen molar-refractivity contribution in [2.75, 3.05) is 20.7 Å². The molecule has 0 unspecified atom stereocenters. The average Bonchev–Trinajstić information content (AvgIpc) is 2.39. The van der Waals surface area contributed by atoms with Gasteiger partial charge in [-0.3, -0.25) is 4.79 Å². The third kappa shape index (κ3) is 3.33. The molecular weight excluding hydrogens is 246 g/mol. The van der Waals surface area contributed by atoms with Crippen LogP contribution in [0.2, 0.25) is 0 Å². The molecule has 0 saturated carbocycles. The van der Waals surface area contributed by atoms with Crippen LogP contribution in [0.1, 0.15) is 24.1 Å². The summed E-state index contributed by atoms with van der Waals surface area (Å²) in [7, 11) is 3.23. The topological polar surface area (TPSA) is 64.4 Å². The Balaban J connectivity index is 2.01. The summed E-state index contributed by atoms with van der Waals surface area (Å²) in [5, 5.41) is 4.35. The quantitative estimate of drug-likeness (QED) is 0.811. The third-order valence-electron chi connectivity index (χ3n) is 3.17. The van der Waals surface area contributed by atoms with Crippen LogP contribution in [0.4, 0.5) is 4.79 Å². The Hall–Kier alpha value is -1.85. The molecule has 1 amide bonds. The van der Waals surface area contributed by atoms with Gasteiger partial charge < -0.3 is 9.64 Å². The fraction of sp³-hybridized carbons (Fsp3) is 0.615. The van der Waals surface area contributed by atoms with Gasteiger partial charge in [0.2, 0.25) is 0 Å². The van der Waals surface area contributed by atoms with Crippen LogP contribution >= 0.6 is 0 Å². The molecule has 1 aromatic heterocycles. The minimum absolute atomic E-state index is 0.124. The van der Waals surface area contributed by atoms with Crippen molar-refractivity contribution in [3.05, 3.63) is 27.7 Å². The van der Waals surface area contributed by atoms with Crippen molar-refractivity contribution >= 4 is 6.09 Å². The Bertz CT molecular complexity index is 522. The van der Waals surface area contributed by atoms with Crippen LogP contribution in [0.3, 0.4) is 0 Å². The smallest absolute Gasteiger partial charge is 0.409 e. The molecule has 1 heterocycles. The van der Waals surface area contributed by atoms with Crippen molar-refractivity contribution in [1.29, 1.82) is 0 Å². The first-order valence-electron chi connectivity index (χ1n) is 6.52. The predicted octanol–water partition coefficient (Wildman–Crippen LogP) is 0.820. The Morgan fingerprint density at radius 3 is 2.89 bits per heavy atom. The molecule has 0 N–H and O–H groups in total. The van der Waals surface area contributed by atoms with Gasteiger partial charge in [-0.1, -0.05) is 0 Å². The lowest BCUT2D eigenvalue weighted by Gasteiger charge is -2.16. The van der Waals surface area contributed by atoms with Crippen molar-refractivity contribution in [2.24, 2.45) is 0 Å². The number of fused-ring (bicyclic) bond motifs is 1. The molecule has 2 rings (SSSR count). The summed E-state index contributed by atoms with van der Waals surface area (Å²) in [6.45, 7) is 0.453. The summed E-state index contributed by atoms with van der Waals surface area (Å²) in [6.07, 6.45) is 3.69. The largest absolute Gasteiger partial charge is 0.447 e. The number of ether oxygens (including phenoxy) is 1. The highest BCUT2D eigenvalue weighted by atomic mass is 16.6. The number of rotatable bonds is 3. The number of amides is 1. The number of carbonyl (C=O) groups excluding carboxylic acids is 1. The lowest BCUT2D eigenvalue weighted by Crippen LogP contribution is -2.30. The first kappa shape index (κ1) is 13.6. The lowest BCUT2D eigenvalue weighted by atomic mass is 9.97. The molecule has 1 aromatic rings. The number of carbonyl (C=O) groups is 1. The van der Waals surface area contributed by atoms with E-state index in [1.807, 2.05) is 0 Å². The Morgan fingerprint density at radius 1 is 1.42 bits per heavy atom. The molecule has 0 bridgehead atoms. The fourth-order valence-electron chi connectivity index (χ4n) is 2.11. The Kier molecular flexibility index (Phi) is 4.19. The van der Waals surface area contributed by atoms with Gasteiger partial charge in [-0.2, -0.15) is 5.10 Å². The monoisotopic (exact) mass is 265 g/mol. The molecular formula is C13H19N3O3. The maximum Gasteiger partial charge on any atom is 0.409 e. The van der Waals surface area contributed by atoms with Gasteiger partial charge in [0.15, 0.2) is 0 Å². The summed E-state index contributed by atoms with van der Waals surface area (Å²) in [6, 6.07) is 1.66. The van der Waals surface area contributed by atoms with Crippen molar-refractivity contribution in [1.82, 2.24) is 14.7 Å². The van der Waals surface area contributed by atoms with E-state index in [0.29, 0.717) is 6.54 Å². The van der Waals surface area contributed by atoms with E-state index in [1.54, 1.807) is 20.2 Å². The molecule has 0 saturated heterocycles. The molecule has 6 heteroatoms. The molecule has 0 fully saturated rings. The van der Waals surface area contributed by atoms with Crippen molar-refractivity contribution in [3.63, 3.8) is 0 Å². The summed E-state index contributed by atoms with van der Waals surface area (Å²) in [5.41, 5.74) is 1.95. The summed E-state index contributed by atoms with van der Waals surface area (Å²) >= 11 is 0. The van der Waals surface area contributed by atoms with Crippen LogP contribution in [0.5, 0.6) is 0 Å². The van der Waals surface area contributed by atoms with Crippen molar-refractivity contribution in [3.8, 4) is 0 Å². The second kappa shape index (κ2) is 5.86. The maximum atomic E-state index is 11.9. The summed E-state index contributed by atoms with van der Waals surface area (Å²) in [4.78, 5) is 24.4. The highest BCUT2D eigenvalue weighted by Crippen LogP contribution is 2.16. The van der Waals surface area contributed by atoms with Crippen LogP contribution < -0.4 is 5.56 Å². The highest BCUT2D eigenvalue weighted by Gasteiger charge is 2.13. The minimum atomic E-state index is -0.411. The number of aromatic nitrogens is 2. The molecule has 0 atom stereocenters. The van der Waals surface area contributed by atoms with Gasteiger partial charge in [-0.15, -0.1) is 0 Å². The molecule has 6 nitrogen and oxygen atoms in total. The molecule has 104 valence electrons. The number of hydrogen-bond acceptors (Lipinski definition) is 4. The molecule has 0 spiro atoms. The van der Waals surface area contributed by atoms with E-state index in [1.165, 1.54) is 9.58 Å². The van der Waals surface area contributed by atoms with E-state index in [4.69, 9.17) is 4.74 Å². The van der Waals surface area contributed by atoms with E-state index in [0.717, 1.165) is 36.9 Å². The molecule has 0 aromatic carbocycles. The minimum Gasteiger partial charge on any atom is -0.447 e. The zero-order chi connectivity index (χ0) is 13.8. The van der Waals surface area contributed by atoms with Gasteiger partial charge in [0.1, 0.15) is 6.61 Å². The zero-order valence-electron chi connectivity index (χ0n) is 11.4. The first-order valence-corrected chi connectivity index (χ1v) is 6.52. The third-order valence-corrected chi connectivity index (χ3v) is 3.17. The molecule has 19 heavy (non-hydrogen) atoms. The summed E-state index contributed by atoms with van der Waals surface area (Å²) in [5.74, 6) is 0. The highest BCUT2D eigenvalue weighted by molar-refractivity contribution is 5.66. The fourth-order valence-corrected chi connectivity index (χ4v) is 2.11. The van der Waals surface area contributed by atoms with E-state index in [-0.39, 0.29) is 12.2 Å². The Morgan fingerprint density at radius 2 is 2.16 bits per heavy atom. The average molecular weight is 265 g/mol. The standard InChI is InChI=1S/C13H19N3O3/c1-15(2)13(18)19-8-7-16-12(17)9-10-5-3-4-6-11(10)14-16/h9H,3-8H2,1-2H3. The van der Waals surface area contributed by atoms with E-state index in [9.17, 15) is 9.59 Å².